The number of aromatic nitrogens is 1. The third-order valence-corrected chi connectivity index (χ3v) is 5.69. The van der Waals surface area contributed by atoms with Crippen molar-refractivity contribution < 1.29 is 14.3 Å². The number of carbonyl (C=O) groups is 2. The Morgan fingerprint density at radius 1 is 1.32 bits per heavy atom. The van der Waals surface area contributed by atoms with Crippen molar-refractivity contribution in [1.82, 2.24) is 9.88 Å². The summed E-state index contributed by atoms with van der Waals surface area (Å²) in [5, 5.41) is 3.93. The average Bonchev–Trinajstić information content (AvgIpc) is 2.67. The molecule has 1 unspecified atom stereocenters. The lowest BCUT2D eigenvalue weighted by molar-refractivity contribution is 0.0524. The second-order valence-electron chi connectivity index (χ2n) is 7.19. The number of Topliss-reactive ketones (excluding diaryl/α,β-unsaturated/α-hetero) is 1. The largest absolute Gasteiger partial charge is 0.462 e. The van der Waals surface area contributed by atoms with Gasteiger partial charge in [-0.2, -0.15) is 0 Å². The Morgan fingerprint density at radius 3 is 2.71 bits per heavy atom. The Kier molecular flexibility index (Phi) is 4.89. The van der Waals surface area contributed by atoms with Crippen LogP contribution in [-0.4, -0.2) is 49.1 Å². The minimum absolute atomic E-state index is 0.0307. The van der Waals surface area contributed by atoms with Gasteiger partial charge in [0.2, 0.25) is 5.43 Å². The number of piperazine rings is 1. The Labute approximate surface area is 167 Å². The molecule has 8 heteroatoms. The highest BCUT2D eigenvalue weighted by Crippen LogP contribution is 2.40. The van der Waals surface area contributed by atoms with Gasteiger partial charge in [0.25, 0.3) is 0 Å². The van der Waals surface area contributed by atoms with Crippen LogP contribution in [0, 0.1) is 0 Å². The number of ether oxygens (including phenoxy) is 1. The van der Waals surface area contributed by atoms with E-state index in [0.29, 0.717) is 21.8 Å². The fourth-order valence-electron chi connectivity index (χ4n) is 4.11. The third-order valence-electron chi connectivity index (χ3n) is 5.40. The lowest BCUT2D eigenvalue weighted by atomic mass is 9.92. The second-order valence-corrected chi connectivity index (χ2v) is 7.60. The summed E-state index contributed by atoms with van der Waals surface area (Å²) in [6, 6.07) is 1.42. The van der Waals surface area contributed by atoms with Gasteiger partial charge >= 0.3 is 5.97 Å². The van der Waals surface area contributed by atoms with Crippen LogP contribution in [0.2, 0.25) is 5.02 Å². The first kappa shape index (κ1) is 19.0. The van der Waals surface area contributed by atoms with E-state index in [9.17, 15) is 14.4 Å². The number of halogens is 1. The molecule has 3 heterocycles. The number of carbonyl (C=O) groups excluding carboxylic acids is 2. The van der Waals surface area contributed by atoms with Gasteiger partial charge < -0.3 is 19.5 Å². The molecule has 0 radical (unpaired) electrons. The molecule has 0 spiro atoms. The number of hydrogen-bond donors (Lipinski definition) is 1. The van der Waals surface area contributed by atoms with E-state index in [1.807, 2.05) is 11.5 Å². The highest BCUT2D eigenvalue weighted by molar-refractivity contribution is 6.36. The number of ketones is 1. The number of pyridine rings is 1. The number of anilines is 1. The summed E-state index contributed by atoms with van der Waals surface area (Å²) in [7, 11) is 0. The van der Waals surface area contributed by atoms with Crippen LogP contribution in [0.25, 0.3) is 10.9 Å². The van der Waals surface area contributed by atoms with Crippen LogP contribution in [0.15, 0.2) is 17.1 Å². The van der Waals surface area contributed by atoms with E-state index in [1.54, 1.807) is 13.0 Å². The highest BCUT2D eigenvalue weighted by atomic mass is 35.5. The number of esters is 1. The van der Waals surface area contributed by atoms with Crippen molar-refractivity contribution in [3.8, 4) is 0 Å². The Morgan fingerprint density at radius 2 is 2.04 bits per heavy atom. The molecule has 1 N–H and O–H groups in total. The zero-order valence-corrected chi connectivity index (χ0v) is 16.6. The molecule has 2 aliphatic heterocycles. The van der Waals surface area contributed by atoms with Gasteiger partial charge in [-0.25, -0.2) is 4.79 Å². The van der Waals surface area contributed by atoms with Crippen molar-refractivity contribution in [2.75, 3.05) is 37.7 Å². The molecule has 2 aromatic rings. The van der Waals surface area contributed by atoms with E-state index in [-0.39, 0.29) is 35.8 Å². The SMILES string of the molecule is CCOC(=O)c1cn2c3c(c(N4CCNCC4)c(Cl)cc3c1=O)C(=O)CC2C. The van der Waals surface area contributed by atoms with E-state index in [4.69, 9.17) is 16.3 Å². The van der Waals surface area contributed by atoms with Crippen LogP contribution >= 0.6 is 11.6 Å². The van der Waals surface area contributed by atoms with Crippen LogP contribution in [0.3, 0.4) is 0 Å². The summed E-state index contributed by atoms with van der Waals surface area (Å²) in [4.78, 5) is 40.5. The molecular formula is C20H22ClN3O4. The lowest BCUT2D eigenvalue weighted by Gasteiger charge is -2.34. The number of nitrogens with zero attached hydrogens (tertiary/aromatic N) is 2. The number of nitrogens with one attached hydrogen (secondary N) is 1. The van der Waals surface area contributed by atoms with E-state index >= 15 is 0 Å². The number of rotatable bonds is 3. The van der Waals surface area contributed by atoms with Crippen LogP contribution in [0.1, 0.15) is 47.0 Å². The predicted octanol–water partition coefficient (Wildman–Crippen LogP) is 2.39. The fourth-order valence-corrected chi connectivity index (χ4v) is 4.43. The molecule has 0 saturated carbocycles. The zero-order valence-electron chi connectivity index (χ0n) is 15.9. The van der Waals surface area contributed by atoms with Crippen molar-refractivity contribution >= 4 is 39.9 Å². The van der Waals surface area contributed by atoms with E-state index in [2.05, 4.69) is 10.2 Å². The number of hydrogen-bond acceptors (Lipinski definition) is 6. The average molecular weight is 404 g/mol. The maximum Gasteiger partial charge on any atom is 0.343 e. The molecular weight excluding hydrogens is 382 g/mol. The first-order chi connectivity index (χ1) is 13.4. The molecule has 2 aliphatic rings. The fraction of sp³-hybridized carbons (Fsp3) is 0.450. The summed E-state index contributed by atoms with van der Waals surface area (Å²) < 4.78 is 6.89. The summed E-state index contributed by atoms with van der Waals surface area (Å²) in [5.74, 6) is -0.692. The van der Waals surface area contributed by atoms with Gasteiger partial charge in [-0.15, -0.1) is 0 Å². The first-order valence-corrected chi connectivity index (χ1v) is 9.89. The molecule has 1 saturated heterocycles. The molecule has 0 aliphatic carbocycles. The van der Waals surface area contributed by atoms with Gasteiger partial charge in [-0.05, 0) is 19.9 Å². The minimum Gasteiger partial charge on any atom is -0.462 e. The Hall–Kier alpha value is -2.38. The lowest BCUT2D eigenvalue weighted by Crippen LogP contribution is -2.44. The Balaban J connectivity index is 2.05. The smallest absolute Gasteiger partial charge is 0.343 e. The van der Waals surface area contributed by atoms with E-state index in [0.717, 1.165) is 26.2 Å². The molecule has 1 aromatic carbocycles. The zero-order chi connectivity index (χ0) is 20.0. The van der Waals surface area contributed by atoms with Crippen LogP contribution < -0.4 is 15.6 Å². The molecule has 148 valence electrons. The summed E-state index contributed by atoms with van der Waals surface area (Å²) in [6.07, 6.45) is 1.81. The summed E-state index contributed by atoms with van der Waals surface area (Å²) in [5.41, 5.74) is 1.23. The van der Waals surface area contributed by atoms with Crippen molar-refractivity contribution in [1.29, 1.82) is 0 Å². The molecule has 7 nitrogen and oxygen atoms in total. The molecule has 0 bridgehead atoms. The standard InChI is InChI=1S/C20H22ClN3O4/c1-3-28-20(27)13-10-24-11(2)8-15(25)16-17(24)12(19(13)26)9-14(21)18(16)23-6-4-22-5-7-23/h9-11,22H,3-8H2,1-2H3. The van der Waals surface area contributed by atoms with Gasteiger partial charge in [0.1, 0.15) is 5.56 Å². The third kappa shape index (κ3) is 2.89. The molecule has 1 aromatic heterocycles. The van der Waals surface area contributed by atoms with Gasteiger partial charge in [-0.1, -0.05) is 11.6 Å². The van der Waals surface area contributed by atoms with Gasteiger partial charge in [-0.3, -0.25) is 9.59 Å². The highest BCUT2D eigenvalue weighted by Gasteiger charge is 2.33. The summed E-state index contributed by atoms with van der Waals surface area (Å²) >= 11 is 6.59. The quantitative estimate of drug-likeness (QED) is 0.792. The first-order valence-electron chi connectivity index (χ1n) is 9.51. The topological polar surface area (TPSA) is 80.6 Å². The van der Waals surface area contributed by atoms with Crippen molar-refractivity contribution in [2.45, 2.75) is 26.3 Å². The Bertz CT molecular complexity index is 1040. The van der Waals surface area contributed by atoms with E-state index in [1.165, 1.54) is 6.20 Å². The molecule has 4 rings (SSSR count). The molecule has 1 atom stereocenters. The van der Waals surface area contributed by atoms with Gasteiger partial charge in [0, 0.05) is 50.2 Å². The monoisotopic (exact) mass is 403 g/mol. The van der Waals surface area contributed by atoms with Gasteiger partial charge in [0.15, 0.2) is 5.78 Å². The molecule has 28 heavy (non-hydrogen) atoms. The molecule has 0 amide bonds. The predicted molar refractivity (Wildman–Crippen MR) is 108 cm³/mol. The number of benzene rings is 1. The van der Waals surface area contributed by atoms with E-state index < -0.39 is 11.4 Å². The summed E-state index contributed by atoms with van der Waals surface area (Å²) in [6.45, 7) is 6.83. The van der Waals surface area contributed by atoms with Gasteiger partial charge in [0.05, 0.1) is 28.4 Å². The maximum atomic E-state index is 13.0. The molecule has 1 fully saturated rings. The van der Waals surface area contributed by atoms with Crippen LogP contribution in [0.4, 0.5) is 5.69 Å². The van der Waals surface area contributed by atoms with Crippen LogP contribution in [-0.2, 0) is 4.74 Å². The second kappa shape index (κ2) is 7.22. The normalized spacial score (nSPS) is 19.2. The van der Waals surface area contributed by atoms with Crippen LogP contribution in [0.5, 0.6) is 0 Å². The van der Waals surface area contributed by atoms with Crippen molar-refractivity contribution in [2.24, 2.45) is 0 Å². The minimum atomic E-state index is -0.661. The van der Waals surface area contributed by atoms with Crippen molar-refractivity contribution in [3.63, 3.8) is 0 Å². The van der Waals surface area contributed by atoms with Crippen molar-refractivity contribution in [3.05, 3.63) is 38.6 Å². The maximum absolute atomic E-state index is 13.0.